The Morgan fingerprint density at radius 3 is 2.57 bits per heavy atom. The first-order valence-electron chi connectivity index (χ1n) is 10.5. The molecule has 0 saturated carbocycles. The summed E-state index contributed by atoms with van der Waals surface area (Å²) in [5.74, 6) is 0.527. The van der Waals surface area contributed by atoms with Gasteiger partial charge in [0.05, 0.1) is 0 Å². The molecule has 0 bridgehead atoms. The first kappa shape index (κ1) is 21.7. The Kier molecular flexibility index (Phi) is 7.74. The highest BCUT2D eigenvalue weighted by Crippen LogP contribution is 2.10. The molecule has 2 aromatic heterocycles. The van der Waals surface area contributed by atoms with E-state index in [0.29, 0.717) is 17.9 Å². The summed E-state index contributed by atoms with van der Waals surface area (Å²) in [5.41, 5.74) is 5.22. The van der Waals surface area contributed by atoms with E-state index in [0.717, 1.165) is 43.6 Å². The lowest BCUT2D eigenvalue weighted by atomic mass is 10.1. The Bertz CT molecular complexity index is 995. The van der Waals surface area contributed by atoms with Crippen molar-refractivity contribution in [2.75, 3.05) is 26.0 Å². The predicted octanol–water partition coefficient (Wildman–Crippen LogP) is 3.56. The maximum Gasteiger partial charge on any atom is 0.255 e. The molecule has 0 aliphatic heterocycles. The molecule has 2 heterocycles. The minimum absolute atomic E-state index is 0.106. The van der Waals surface area contributed by atoms with Crippen molar-refractivity contribution in [2.45, 2.75) is 39.2 Å². The summed E-state index contributed by atoms with van der Waals surface area (Å²) in [5, 5.41) is 3.22. The van der Waals surface area contributed by atoms with Crippen LogP contribution in [0.25, 0.3) is 0 Å². The molecule has 0 fully saturated rings. The molecule has 0 aliphatic carbocycles. The number of aryl methyl sites for hydroxylation is 2. The fourth-order valence-electron chi connectivity index (χ4n) is 3.37. The van der Waals surface area contributed by atoms with E-state index in [2.05, 4.69) is 63.5 Å². The third-order valence-corrected chi connectivity index (χ3v) is 4.92. The second-order valence-electron chi connectivity index (χ2n) is 8.01. The van der Waals surface area contributed by atoms with Crippen LogP contribution in [0.15, 0.2) is 53.6 Å². The first-order valence-corrected chi connectivity index (χ1v) is 10.5. The molecule has 30 heavy (non-hydrogen) atoms. The van der Waals surface area contributed by atoms with Crippen LogP contribution in [0.5, 0.6) is 0 Å². The van der Waals surface area contributed by atoms with Crippen molar-refractivity contribution in [3.8, 4) is 0 Å². The number of hydrogen-bond donors (Lipinski definition) is 2. The summed E-state index contributed by atoms with van der Waals surface area (Å²) < 4.78 is 0. The SMILES string of the molecule is Cc1ccc(Cc2cnc(NCCCCc3cccc(CN(C)C)c3)[nH]c2=O)cn1. The largest absolute Gasteiger partial charge is 0.356 e. The second-order valence-corrected chi connectivity index (χ2v) is 8.01. The average molecular weight is 406 g/mol. The Hall–Kier alpha value is -2.99. The Labute approximate surface area is 178 Å². The van der Waals surface area contributed by atoms with Crippen molar-refractivity contribution < 1.29 is 0 Å². The van der Waals surface area contributed by atoms with Gasteiger partial charge in [-0.25, -0.2) is 4.98 Å². The number of aromatic amines is 1. The number of nitrogens with zero attached hydrogens (tertiary/aromatic N) is 3. The van der Waals surface area contributed by atoms with Crippen molar-refractivity contribution >= 4 is 5.95 Å². The van der Waals surface area contributed by atoms with Crippen LogP contribution in [0.1, 0.15) is 40.8 Å². The number of H-pyrrole nitrogens is 1. The van der Waals surface area contributed by atoms with Gasteiger partial charge in [0, 0.05) is 43.2 Å². The summed E-state index contributed by atoms with van der Waals surface area (Å²) in [6.07, 6.45) is 7.13. The van der Waals surface area contributed by atoms with E-state index in [1.807, 2.05) is 19.1 Å². The van der Waals surface area contributed by atoms with Crippen LogP contribution in [0.4, 0.5) is 5.95 Å². The van der Waals surface area contributed by atoms with Crippen LogP contribution < -0.4 is 10.9 Å². The number of rotatable bonds is 10. The van der Waals surface area contributed by atoms with Crippen LogP contribution in [0.2, 0.25) is 0 Å². The number of benzene rings is 1. The van der Waals surface area contributed by atoms with Crippen LogP contribution in [0, 0.1) is 6.92 Å². The molecule has 158 valence electrons. The van der Waals surface area contributed by atoms with Gasteiger partial charge in [-0.3, -0.25) is 14.8 Å². The first-order chi connectivity index (χ1) is 14.5. The highest BCUT2D eigenvalue weighted by atomic mass is 16.1. The average Bonchev–Trinajstić information content (AvgIpc) is 2.71. The van der Waals surface area contributed by atoms with Gasteiger partial charge in [-0.2, -0.15) is 0 Å². The molecule has 0 unspecified atom stereocenters. The van der Waals surface area contributed by atoms with Gasteiger partial charge in [-0.15, -0.1) is 0 Å². The molecule has 0 atom stereocenters. The molecule has 1 aromatic carbocycles. The molecule has 3 aromatic rings. The quantitative estimate of drug-likeness (QED) is 0.505. The Morgan fingerprint density at radius 2 is 1.83 bits per heavy atom. The summed E-state index contributed by atoms with van der Waals surface area (Å²) in [7, 11) is 4.17. The third kappa shape index (κ3) is 6.81. The molecule has 0 aliphatic rings. The minimum atomic E-state index is -0.106. The van der Waals surface area contributed by atoms with Gasteiger partial charge in [-0.1, -0.05) is 30.3 Å². The summed E-state index contributed by atoms with van der Waals surface area (Å²) in [4.78, 5) is 26.0. The van der Waals surface area contributed by atoms with Gasteiger partial charge in [0.15, 0.2) is 0 Å². The zero-order chi connectivity index (χ0) is 21.3. The lowest BCUT2D eigenvalue weighted by Gasteiger charge is -2.11. The van der Waals surface area contributed by atoms with Crippen molar-refractivity contribution in [3.05, 3.63) is 87.1 Å². The molecular weight excluding hydrogens is 374 g/mol. The van der Waals surface area contributed by atoms with E-state index in [1.165, 1.54) is 11.1 Å². The molecule has 6 nitrogen and oxygen atoms in total. The zero-order valence-electron chi connectivity index (χ0n) is 18.1. The van der Waals surface area contributed by atoms with Gasteiger partial charge in [0.2, 0.25) is 5.95 Å². The maximum absolute atomic E-state index is 12.3. The summed E-state index contributed by atoms with van der Waals surface area (Å²) >= 11 is 0. The normalized spacial score (nSPS) is 11.1. The van der Waals surface area contributed by atoms with Crippen molar-refractivity contribution in [2.24, 2.45) is 0 Å². The van der Waals surface area contributed by atoms with E-state index in [1.54, 1.807) is 12.4 Å². The molecule has 0 saturated heterocycles. The van der Waals surface area contributed by atoms with Gasteiger partial charge in [0.1, 0.15) is 0 Å². The van der Waals surface area contributed by atoms with Crippen LogP contribution in [-0.2, 0) is 19.4 Å². The fourth-order valence-corrected chi connectivity index (χ4v) is 3.37. The van der Waals surface area contributed by atoms with Crippen LogP contribution >= 0.6 is 0 Å². The molecule has 2 N–H and O–H groups in total. The minimum Gasteiger partial charge on any atom is -0.356 e. The fraction of sp³-hybridized carbons (Fsp3) is 0.375. The number of nitrogens with one attached hydrogen (secondary N) is 2. The van der Waals surface area contributed by atoms with E-state index in [4.69, 9.17) is 0 Å². The van der Waals surface area contributed by atoms with Gasteiger partial charge in [-0.05, 0) is 63.0 Å². The zero-order valence-corrected chi connectivity index (χ0v) is 18.1. The van der Waals surface area contributed by atoms with Crippen LogP contribution in [0.3, 0.4) is 0 Å². The topological polar surface area (TPSA) is 73.9 Å². The van der Waals surface area contributed by atoms with Crippen molar-refractivity contribution in [1.82, 2.24) is 19.9 Å². The van der Waals surface area contributed by atoms with E-state index in [9.17, 15) is 4.79 Å². The maximum atomic E-state index is 12.3. The Balaban J connectivity index is 1.43. The Morgan fingerprint density at radius 1 is 1.00 bits per heavy atom. The van der Waals surface area contributed by atoms with Gasteiger partial charge >= 0.3 is 0 Å². The predicted molar refractivity (Wildman–Crippen MR) is 122 cm³/mol. The monoisotopic (exact) mass is 405 g/mol. The molecule has 0 amide bonds. The summed E-state index contributed by atoms with van der Waals surface area (Å²) in [6.45, 7) is 3.69. The van der Waals surface area contributed by atoms with E-state index in [-0.39, 0.29) is 5.56 Å². The number of unbranched alkanes of at least 4 members (excludes halogenated alkanes) is 1. The smallest absolute Gasteiger partial charge is 0.255 e. The lowest BCUT2D eigenvalue weighted by Crippen LogP contribution is -2.17. The molecule has 6 heteroatoms. The number of anilines is 1. The molecule has 0 spiro atoms. The van der Waals surface area contributed by atoms with Crippen molar-refractivity contribution in [1.29, 1.82) is 0 Å². The second kappa shape index (κ2) is 10.7. The van der Waals surface area contributed by atoms with E-state index < -0.39 is 0 Å². The highest BCUT2D eigenvalue weighted by molar-refractivity contribution is 5.28. The molecule has 0 radical (unpaired) electrons. The number of pyridine rings is 1. The lowest BCUT2D eigenvalue weighted by molar-refractivity contribution is 0.402. The summed E-state index contributed by atoms with van der Waals surface area (Å²) in [6, 6.07) is 12.7. The van der Waals surface area contributed by atoms with E-state index >= 15 is 0 Å². The molecular formula is C24H31N5O. The van der Waals surface area contributed by atoms with Gasteiger partial charge < -0.3 is 10.2 Å². The standard InChI is InChI=1S/C24H31N5O/c1-18-10-11-20(15-26-18)14-22-16-27-24(28-23(22)30)25-12-5-4-7-19-8-6-9-21(13-19)17-29(2)3/h6,8-11,13,15-16H,4-5,7,12,14,17H2,1-3H3,(H2,25,27,28,30). The number of hydrogen-bond acceptors (Lipinski definition) is 5. The van der Waals surface area contributed by atoms with Crippen molar-refractivity contribution in [3.63, 3.8) is 0 Å². The molecule has 3 rings (SSSR count). The van der Waals surface area contributed by atoms with Gasteiger partial charge in [0.25, 0.3) is 5.56 Å². The third-order valence-electron chi connectivity index (χ3n) is 4.92. The highest BCUT2D eigenvalue weighted by Gasteiger charge is 2.05. The van der Waals surface area contributed by atoms with Crippen LogP contribution in [-0.4, -0.2) is 40.5 Å². The number of aromatic nitrogens is 3.